The number of hydrogen-bond donors (Lipinski definition) is 0. The van der Waals surface area contributed by atoms with E-state index in [0.717, 1.165) is 32.9 Å². The van der Waals surface area contributed by atoms with Crippen molar-refractivity contribution >= 4 is 27.3 Å². The van der Waals surface area contributed by atoms with Crippen LogP contribution in [-0.4, -0.2) is 8.97 Å². The van der Waals surface area contributed by atoms with Gasteiger partial charge in [-0.1, -0.05) is 48.5 Å². The first-order chi connectivity index (χ1) is 12.7. The van der Waals surface area contributed by atoms with E-state index in [4.69, 9.17) is 0 Å². The molecule has 0 N–H and O–H groups in total. The molecule has 0 unspecified atom stereocenters. The quantitative estimate of drug-likeness (QED) is 0.432. The van der Waals surface area contributed by atoms with Crippen LogP contribution >= 0.6 is 0 Å². The van der Waals surface area contributed by atoms with Crippen LogP contribution in [0.5, 0.6) is 0 Å². The van der Waals surface area contributed by atoms with Crippen molar-refractivity contribution in [3.8, 4) is 11.1 Å². The van der Waals surface area contributed by atoms with E-state index in [2.05, 4.69) is 0 Å². The molecular weight excluding hydrogens is 327 g/mol. The molecule has 0 saturated heterocycles. The molecule has 0 aliphatic heterocycles. The summed E-state index contributed by atoms with van der Waals surface area (Å²) in [6.45, 7) is 0. The van der Waals surface area contributed by atoms with Crippen molar-refractivity contribution in [3.05, 3.63) is 89.1 Å². The van der Waals surface area contributed by atoms with Gasteiger partial charge in [0.05, 0.1) is 16.6 Å². The molecule has 0 fully saturated rings. The maximum atomic E-state index is 14.1. The summed E-state index contributed by atoms with van der Waals surface area (Å²) in [5, 5.41) is 1.70. The third kappa shape index (κ3) is 1.90. The topological polar surface area (TPSA) is 26.4 Å². The molecule has 5 rings (SSSR count). The van der Waals surface area contributed by atoms with E-state index in [9.17, 15) is 9.18 Å². The molecule has 2 heterocycles. The van der Waals surface area contributed by atoms with Crippen LogP contribution in [0.25, 0.3) is 38.4 Å². The van der Waals surface area contributed by atoms with Gasteiger partial charge in [-0.05, 0) is 29.8 Å². The second-order valence-corrected chi connectivity index (χ2v) is 6.45. The van der Waals surface area contributed by atoms with E-state index >= 15 is 0 Å². The van der Waals surface area contributed by atoms with Crippen molar-refractivity contribution in [3.63, 3.8) is 0 Å². The number of nitrogens with zero attached hydrogens (tertiary/aromatic N) is 2. The first kappa shape index (κ1) is 14.9. The number of halogens is 1. The van der Waals surface area contributed by atoms with E-state index in [1.54, 1.807) is 22.1 Å². The SMILES string of the molecule is Cn1c(=O)n2c3ccc(F)cc3c(-c3ccccc3)c2c2ccccc21. The number of rotatable bonds is 1. The van der Waals surface area contributed by atoms with Gasteiger partial charge in [-0.25, -0.2) is 9.18 Å². The first-order valence-electron chi connectivity index (χ1n) is 8.43. The summed E-state index contributed by atoms with van der Waals surface area (Å²) >= 11 is 0. The Morgan fingerprint density at radius 1 is 0.808 bits per heavy atom. The maximum Gasteiger partial charge on any atom is 0.333 e. The lowest BCUT2D eigenvalue weighted by atomic mass is 10.0. The Morgan fingerprint density at radius 2 is 1.54 bits per heavy atom. The predicted octanol–water partition coefficient (Wildman–Crippen LogP) is 4.75. The molecule has 0 aliphatic carbocycles. The van der Waals surface area contributed by atoms with Crippen molar-refractivity contribution in [1.82, 2.24) is 8.97 Å². The number of para-hydroxylation sites is 1. The van der Waals surface area contributed by atoms with Gasteiger partial charge < -0.3 is 0 Å². The molecule has 3 aromatic carbocycles. The fraction of sp³-hybridized carbons (Fsp3) is 0.0455. The van der Waals surface area contributed by atoms with Crippen molar-refractivity contribution in [2.75, 3.05) is 0 Å². The lowest BCUT2D eigenvalue weighted by Crippen LogP contribution is -2.24. The molecule has 26 heavy (non-hydrogen) atoms. The number of fused-ring (bicyclic) bond motifs is 5. The molecule has 0 amide bonds. The molecule has 0 aliphatic rings. The molecule has 0 radical (unpaired) electrons. The summed E-state index contributed by atoms with van der Waals surface area (Å²) in [6, 6.07) is 22.2. The van der Waals surface area contributed by atoms with Gasteiger partial charge in [0.1, 0.15) is 5.82 Å². The zero-order valence-corrected chi connectivity index (χ0v) is 14.1. The van der Waals surface area contributed by atoms with E-state index in [1.165, 1.54) is 12.1 Å². The average molecular weight is 342 g/mol. The third-order valence-electron chi connectivity index (χ3n) is 4.99. The van der Waals surface area contributed by atoms with E-state index < -0.39 is 0 Å². The molecule has 0 spiro atoms. The highest BCUT2D eigenvalue weighted by Gasteiger charge is 2.19. The molecule has 0 bridgehead atoms. The zero-order valence-electron chi connectivity index (χ0n) is 14.1. The molecule has 4 heteroatoms. The largest absolute Gasteiger partial charge is 0.333 e. The van der Waals surface area contributed by atoms with Crippen LogP contribution in [0.3, 0.4) is 0 Å². The fourth-order valence-corrected chi connectivity index (χ4v) is 3.83. The second kappa shape index (κ2) is 5.30. The van der Waals surface area contributed by atoms with Crippen molar-refractivity contribution in [2.45, 2.75) is 0 Å². The lowest BCUT2D eigenvalue weighted by molar-refractivity contribution is 0.629. The van der Waals surface area contributed by atoms with Crippen molar-refractivity contribution < 1.29 is 4.39 Å². The third-order valence-corrected chi connectivity index (χ3v) is 4.99. The summed E-state index contributed by atoms with van der Waals surface area (Å²) in [4.78, 5) is 13.1. The monoisotopic (exact) mass is 342 g/mol. The average Bonchev–Trinajstić information content (AvgIpc) is 3.01. The number of hydrogen-bond acceptors (Lipinski definition) is 1. The predicted molar refractivity (Wildman–Crippen MR) is 103 cm³/mol. The van der Waals surface area contributed by atoms with Gasteiger partial charge in [-0.3, -0.25) is 8.97 Å². The van der Waals surface area contributed by atoms with Crippen LogP contribution in [0.15, 0.2) is 77.6 Å². The van der Waals surface area contributed by atoms with Crippen molar-refractivity contribution in [1.29, 1.82) is 0 Å². The highest BCUT2D eigenvalue weighted by atomic mass is 19.1. The summed E-state index contributed by atoms with van der Waals surface area (Å²) < 4.78 is 17.4. The molecular formula is C22H15FN2O. The normalized spacial score (nSPS) is 11.6. The minimum Gasteiger partial charge on any atom is -0.296 e. The highest BCUT2D eigenvalue weighted by molar-refractivity contribution is 6.13. The van der Waals surface area contributed by atoms with Crippen LogP contribution < -0.4 is 5.69 Å². The van der Waals surface area contributed by atoms with Gasteiger partial charge >= 0.3 is 5.69 Å². The number of aromatic nitrogens is 2. The molecule has 126 valence electrons. The summed E-state index contributed by atoms with van der Waals surface area (Å²) in [5.74, 6) is -0.313. The van der Waals surface area contributed by atoms with Crippen LogP contribution in [0.1, 0.15) is 0 Å². The molecule has 0 atom stereocenters. The second-order valence-electron chi connectivity index (χ2n) is 6.45. The van der Waals surface area contributed by atoms with Crippen LogP contribution in [0.2, 0.25) is 0 Å². The highest BCUT2D eigenvalue weighted by Crippen LogP contribution is 2.37. The van der Waals surface area contributed by atoms with Crippen LogP contribution in [-0.2, 0) is 7.05 Å². The van der Waals surface area contributed by atoms with Gasteiger partial charge in [0.2, 0.25) is 0 Å². The maximum absolute atomic E-state index is 14.1. The Kier molecular flexibility index (Phi) is 3.04. The summed E-state index contributed by atoms with van der Waals surface area (Å²) in [5.41, 5.74) is 4.09. The Balaban J connectivity index is 2.18. The Bertz CT molecular complexity index is 1360. The lowest BCUT2D eigenvalue weighted by Gasteiger charge is -2.09. The standard InChI is InChI=1S/C22H15FN2O/c1-24-18-10-6-5-9-16(18)21-20(14-7-3-2-4-8-14)17-13-15(23)11-12-19(17)25(21)22(24)26/h2-13H,1H3. The first-order valence-corrected chi connectivity index (χ1v) is 8.43. The number of benzene rings is 3. The minimum absolute atomic E-state index is 0.141. The molecule has 2 aromatic heterocycles. The van der Waals surface area contributed by atoms with Gasteiger partial charge in [-0.2, -0.15) is 0 Å². The smallest absolute Gasteiger partial charge is 0.296 e. The van der Waals surface area contributed by atoms with Crippen LogP contribution in [0, 0.1) is 5.82 Å². The molecule has 0 saturated carbocycles. The Labute approximate surface area is 148 Å². The zero-order chi connectivity index (χ0) is 17.8. The summed E-state index contributed by atoms with van der Waals surface area (Å²) in [7, 11) is 1.77. The molecule has 3 nitrogen and oxygen atoms in total. The Morgan fingerprint density at radius 3 is 2.35 bits per heavy atom. The van der Waals surface area contributed by atoms with Gasteiger partial charge in [0.15, 0.2) is 0 Å². The van der Waals surface area contributed by atoms with Crippen LogP contribution in [0.4, 0.5) is 4.39 Å². The molecule has 5 aromatic rings. The number of aryl methyl sites for hydroxylation is 1. The minimum atomic E-state index is -0.313. The Hall–Kier alpha value is -3.40. The van der Waals surface area contributed by atoms with Crippen molar-refractivity contribution in [2.24, 2.45) is 7.05 Å². The fourth-order valence-electron chi connectivity index (χ4n) is 3.83. The van der Waals surface area contributed by atoms with Gasteiger partial charge in [0, 0.05) is 23.4 Å². The van der Waals surface area contributed by atoms with Gasteiger partial charge in [-0.15, -0.1) is 0 Å². The van der Waals surface area contributed by atoms with E-state index in [-0.39, 0.29) is 11.5 Å². The van der Waals surface area contributed by atoms with Gasteiger partial charge in [0.25, 0.3) is 0 Å². The van der Waals surface area contributed by atoms with E-state index in [0.29, 0.717) is 5.52 Å². The summed E-state index contributed by atoms with van der Waals surface area (Å²) in [6.07, 6.45) is 0. The van der Waals surface area contributed by atoms with E-state index in [1.807, 2.05) is 54.6 Å².